The van der Waals surface area contributed by atoms with E-state index in [1.807, 2.05) is 19.1 Å². The van der Waals surface area contributed by atoms with E-state index in [-0.39, 0.29) is 6.04 Å². The standard InChI is InChI=1S/C15H24N4O/c1-4-20-13-7-5-6-12(10-13)14-11-17-15(16)19(14)9-8-18(2)3/h5-7,10,14H,4,8-9,11H2,1-3H3,(H2,16,17). The van der Waals surface area contributed by atoms with Gasteiger partial charge in [-0.1, -0.05) is 12.1 Å². The molecule has 1 unspecified atom stereocenters. The number of likely N-dealkylation sites (N-methyl/N-ethyl adjacent to an activating group) is 1. The van der Waals surface area contributed by atoms with Crippen LogP contribution in [0.25, 0.3) is 0 Å². The van der Waals surface area contributed by atoms with Crippen LogP contribution in [0.1, 0.15) is 18.5 Å². The molecule has 20 heavy (non-hydrogen) atoms. The van der Waals surface area contributed by atoms with Gasteiger partial charge in [-0.15, -0.1) is 0 Å². The normalized spacial score (nSPS) is 18.5. The summed E-state index contributed by atoms with van der Waals surface area (Å²) in [5, 5.41) is 0. The summed E-state index contributed by atoms with van der Waals surface area (Å²) in [7, 11) is 4.13. The molecule has 0 spiro atoms. The SMILES string of the molecule is CCOc1cccc(C2CN=C(N)N2CCN(C)C)c1. The van der Waals surface area contributed by atoms with E-state index in [0.29, 0.717) is 12.6 Å². The van der Waals surface area contributed by atoms with Crippen molar-refractivity contribution in [2.45, 2.75) is 13.0 Å². The zero-order valence-corrected chi connectivity index (χ0v) is 12.5. The maximum Gasteiger partial charge on any atom is 0.191 e. The topological polar surface area (TPSA) is 54.1 Å². The van der Waals surface area contributed by atoms with Gasteiger partial charge in [0.05, 0.1) is 19.2 Å². The zero-order valence-electron chi connectivity index (χ0n) is 12.5. The first-order valence-electron chi connectivity index (χ1n) is 7.06. The molecular formula is C15H24N4O. The number of aliphatic imine (C=N–C) groups is 1. The van der Waals surface area contributed by atoms with E-state index in [0.717, 1.165) is 25.4 Å². The van der Waals surface area contributed by atoms with Crippen LogP contribution in [0.5, 0.6) is 5.75 Å². The lowest BCUT2D eigenvalue weighted by atomic mass is 10.1. The van der Waals surface area contributed by atoms with Gasteiger partial charge in [0.15, 0.2) is 5.96 Å². The van der Waals surface area contributed by atoms with Gasteiger partial charge < -0.3 is 20.3 Å². The molecule has 2 N–H and O–H groups in total. The number of nitrogens with zero attached hydrogens (tertiary/aromatic N) is 3. The summed E-state index contributed by atoms with van der Waals surface area (Å²) < 4.78 is 5.57. The van der Waals surface area contributed by atoms with Crippen LogP contribution >= 0.6 is 0 Å². The van der Waals surface area contributed by atoms with E-state index < -0.39 is 0 Å². The van der Waals surface area contributed by atoms with Crippen LogP contribution in [0.4, 0.5) is 0 Å². The second-order valence-electron chi connectivity index (χ2n) is 5.22. The van der Waals surface area contributed by atoms with Crippen LogP contribution in [-0.4, -0.2) is 56.1 Å². The molecule has 0 aliphatic carbocycles. The second-order valence-corrected chi connectivity index (χ2v) is 5.22. The first-order chi connectivity index (χ1) is 9.61. The van der Waals surface area contributed by atoms with Crippen LogP contribution in [0.3, 0.4) is 0 Å². The minimum Gasteiger partial charge on any atom is -0.494 e. The lowest BCUT2D eigenvalue weighted by Gasteiger charge is -2.28. The second kappa shape index (κ2) is 6.61. The van der Waals surface area contributed by atoms with Crippen molar-refractivity contribution in [1.82, 2.24) is 9.80 Å². The molecule has 1 atom stereocenters. The van der Waals surface area contributed by atoms with Crippen LogP contribution in [0, 0.1) is 0 Å². The van der Waals surface area contributed by atoms with Crippen molar-refractivity contribution in [3.63, 3.8) is 0 Å². The molecule has 0 bridgehead atoms. The van der Waals surface area contributed by atoms with Crippen molar-refractivity contribution in [1.29, 1.82) is 0 Å². The molecule has 5 heteroatoms. The van der Waals surface area contributed by atoms with Crippen LogP contribution in [0.2, 0.25) is 0 Å². The van der Waals surface area contributed by atoms with Crippen LogP contribution in [-0.2, 0) is 0 Å². The monoisotopic (exact) mass is 276 g/mol. The third-order valence-electron chi connectivity index (χ3n) is 3.44. The summed E-state index contributed by atoms with van der Waals surface area (Å²) in [5.41, 5.74) is 7.22. The number of benzene rings is 1. The third-order valence-corrected chi connectivity index (χ3v) is 3.44. The molecule has 110 valence electrons. The van der Waals surface area contributed by atoms with Crippen molar-refractivity contribution in [2.24, 2.45) is 10.7 Å². The molecule has 0 amide bonds. The Labute approximate surface area is 121 Å². The van der Waals surface area contributed by atoms with Gasteiger partial charge in [0, 0.05) is 13.1 Å². The van der Waals surface area contributed by atoms with E-state index in [1.165, 1.54) is 5.56 Å². The summed E-state index contributed by atoms with van der Waals surface area (Å²) >= 11 is 0. The molecule has 1 aliphatic rings. The van der Waals surface area contributed by atoms with Gasteiger partial charge in [-0.05, 0) is 38.7 Å². The average molecular weight is 276 g/mol. The van der Waals surface area contributed by atoms with E-state index >= 15 is 0 Å². The highest BCUT2D eigenvalue weighted by atomic mass is 16.5. The Morgan fingerprint density at radius 2 is 2.25 bits per heavy atom. The third kappa shape index (κ3) is 3.42. The summed E-state index contributed by atoms with van der Waals surface area (Å²) in [6, 6.07) is 8.43. The number of nitrogens with two attached hydrogens (primary N) is 1. The minimum atomic E-state index is 0.218. The van der Waals surface area contributed by atoms with Crippen molar-refractivity contribution in [3.05, 3.63) is 29.8 Å². The predicted octanol–water partition coefficient (Wildman–Crippen LogP) is 1.32. The Morgan fingerprint density at radius 3 is 2.95 bits per heavy atom. The highest BCUT2D eigenvalue weighted by molar-refractivity contribution is 5.80. The Bertz CT molecular complexity index is 473. The lowest BCUT2D eigenvalue weighted by molar-refractivity contribution is 0.291. The molecular weight excluding hydrogens is 252 g/mol. The first-order valence-corrected chi connectivity index (χ1v) is 7.06. The Kier molecular flexibility index (Phi) is 4.84. The van der Waals surface area contributed by atoms with Crippen LogP contribution < -0.4 is 10.5 Å². The average Bonchev–Trinajstić information content (AvgIpc) is 2.78. The molecule has 0 radical (unpaired) electrons. The van der Waals surface area contributed by atoms with Gasteiger partial charge in [-0.3, -0.25) is 4.99 Å². The Hall–Kier alpha value is -1.75. The summed E-state index contributed by atoms with van der Waals surface area (Å²) in [4.78, 5) is 8.71. The van der Waals surface area contributed by atoms with Crippen molar-refractivity contribution in [3.8, 4) is 5.75 Å². The number of guanidine groups is 1. The van der Waals surface area contributed by atoms with E-state index in [2.05, 4.69) is 41.0 Å². The summed E-state index contributed by atoms with van der Waals surface area (Å²) in [6.07, 6.45) is 0. The van der Waals surface area contributed by atoms with E-state index in [9.17, 15) is 0 Å². The smallest absolute Gasteiger partial charge is 0.191 e. The number of ether oxygens (including phenoxy) is 1. The lowest BCUT2D eigenvalue weighted by Crippen LogP contribution is -2.40. The first kappa shape index (κ1) is 14.7. The fourth-order valence-corrected chi connectivity index (χ4v) is 2.37. The molecule has 0 saturated heterocycles. The molecule has 0 aromatic heterocycles. The largest absolute Gasteiger partial charge is 0.494 e. The molecule has 1 heterocycles. The molecule has 1 aliphatic heterocycles. The van der Waals surface area contributed by atoms with Crippen molar-refractivity contribution < 1.29 is 4.74 Å². The Morgan fingerprint density at radius 1 is 1.45 bits per heavy atom. The van der Waals surface area contributed by atoms with E-state index in [4.69, 9.17) is 10.5 Å². The fraction of sp³-hybridized carbons (Fsp3) is 0.533. The van der Waals surface area contributed by atoms with Crippen molar-refractivity contribution >= 4 is 5.96 Å². The summed E-state index contributed by atoms with van der Waals surface area (Å²) in [6.45, 7) is 5.22. The zero-order chi connectivity index (χ0) is 14.5. The van der Waals surface area contributed by atoms with Gasteiger partial charge in [0.25, 0.3) is 0 Å². The fourth-order valence-electron chi connectivity index (χ4n) is 2.37. The molecule has 1 aromatic rings. The van der Waals surface area contributed by atoms with Crippen LogP contribution in [0.15, 0.2) is 29.3 Å². The summed E-state index contributed by atoms with van der Waals surface area (Å²) in [5.74, 6) is 1.54. The molecule has 0 saturated carbocycles. The number of rotatable bonds is 6. The number of hydrogen-bond acceptors (Lipinski definition) is 5. The quantitative estimate of drug-likeness (QED) is 0.851. The van der Waals surface area contributed by atoms with Gasteiger partial charge >= 0.3 is 0 Å². The highest BCUT2D eigenvalue weighted by Crippen LogP contribution is 2.27. The minimum absolute atomic E-state index is 0.218. The molecule has 5 nitrogen and oxygen atoms in total. The van der Waals surface area contributed by atoms with Gasteiger partial charge in [0.1, 0.15) is 5.75 Å². The van der Waals surface area contributed by atoms with Gasteiger partial charge in [-0.2, -0.15) is 0 Å². The van der Waals surface area contributed by atoms with Crippen molar-refractivity contribution in [2.75, 3.05) is 40.3 Å². The maximum atomic E-state index is 6.02. The predicted molar refractivity (Wildman–Crippen MR) is 82.1 cm³/mol. The number of hydrogen-bond donors (Lipinski definition) is 1. The molecule has 1 aromatic carbocycles. The van der Waals surface area contributed by atoms with Gasteiger partial charge in [0.2, 0.25) is 0 Å². The van der Waals surface area contributed by atoms with Gasteiger partial charge in [-0.25, -0.2) is 0 Å². The molecule has 0 fully saturated rings. The molecule has 2 rings (SSSR count). The maximum absolute atomic E-state index is 6.02. The Balaban J connectivity index is 2.12. The highest BCUT2D eigenvalue weighted by Gasteiger charge is 2.27. The van der Waals surface area contributed by atoms with E-state index in [1.54, 1.807) is 0 Å².